The summed E-state index contributed by atoms with van der Waals surface area (Å²) < 4.78 is 5.27. The van der Waals surface area contributed by atoms with E-state index in [1.807, 2.05) is 31.2 Å². The third kappa shape index (κ3) is 5.75. The summed E-state index contributed by atoms with van der Waals surface area (Å²) in [5.41, 5.74) is 1.10. The van der Waals surface area contributed by atoms with Gasteiger partial charge in [-0.1, -0.05) is 25.1 Å². The van der Waals surface area contributed by atoms with Gasteiger partial charge in [0.2, 0.25) is 5.91 Å². The number of para-hydroxylation sites is 1. The molecule has 4 heteroatoms. The number of carbonyl (C=O) groups is 1. The molecule has 0 fully saturated rings. The van der Waals surface area contributed by atoms with Crippen LogP contribution in [0.4, 0.5) is 0 Å². The number of rotatable bonds is 8. The maximum Gasteiger partial charge on any atom is 0.221 e. The summed E-state index contributed by atoms with van der Waals surface area (Å²) in [6.07, 6.45) is 1.46. The van der Waals surface area contributed by atoms with E-state index < -0.39 is 0 Å². The van der Waals surface area contributed by atoms with E-state index in [4.69, 9.17) is 4.74 Å². The Hall–Kier alpha value is -1.55. The highest BCUT2D eigenvalue weighted by atomic mass is 16.5. The molecule has 0 aliphatic rings. The molecule has 4 nitrogen and oxygen atoms in total. The number of amides is 1. The average molecular weight is 264 g/mol. The van der Waals surface area contributed by atoms with E-state index >= 15 is 0 Å². The molecule has 19 heavy (non-hydrogen) atoms. The van der Waals surface area contributed by atoms with Crippen LogP contribution in [0.15, 0.2) is 24.3 Å². The van der Waals surface area contributed by atoms with Gasteiger partial charge in [0.05, 0.1) is 7.11 Å². The number of methoxy groups -OCH3 is 1. The summed E-state index contributed by atoms with van der Waals surface area (Å²) in [7, 11) is 1.67. The molecular formula is C15H24N2O2. The Morgan fingerprint density at radius 1 is 1.37 bits per heavy atom. The van der Waals surface area contributed by atoms with Crippen LogP contribution in [0.1, 0.15) is 32.3 Å². The van der Waals surface area contributed by atoms with Crippen LogP contribution < -0.4 is 15.4 Å². The fourth-order valence-electron chi connectivity index (χ4n) is 1.72. The first-order valence-corrected chi connectivity index (χ1v) is 6.79. The number of benzene rings is 1. The fourth-order valence-corrected chi connectivity index (χ4v) is 1.72. The monoisotopic (exact) mass is 264 g/mol. The number of nitrogens with one attached hydrogen (secondary N) is 2. The molecule has 1 aromatic carbocycles. The molecule has 0 spiro atoms. The third-order valence-corrected chi connectivity index (χ3v) is 3.06. The van der Waals surface area contributed by atoms with Gasteiger partial charge in [0.1, 0.15) is 5.75 Å². The van der Waals surface area contributed by atoms with Crippen molar-refractivity contribution in [2.45, 2.75) is 39.3 Å². The lowest BCUT2D eigenvalue weighted by atomic mass is 10.2. The van der Waals surface area contributed by atoms with E-state index in [-0.39, 0.29) is 11.9 Å². The molecule has 1 rings (SSSR count). The van der Waals surface area contributed by atoms with Crippen LogP contribution >= 0.6 is 0 Å². The van der Waals surface area contributed by atoms with Crippen molar-refractivity contribution in [3.05, 3.63) is 29.8 Å². The van der Waals surface area contributed by atoms with Gasteiger partial charge in [-0.25, -0.2) is 0 Å². The quantitative estimate of drug-likeness (QED) is 0.707. The highest BCUT2D eigenvalue weighted by Gasteiger charge is 2.05. The highest BCUT2D eigenvalue weighted by molar-refractivity contribution is 5.76. The Morgan fingerprint density at radius 3 is 2.79 bits per heavy atom. The van der Waals surface area contributed by atoms with E-state index in [2.05, 4.69) is 17.6 Å². The van der Waals surface area contributed by atoms with Gasteiger partial charge in [0.25, 0.3) is 0 Å². The largest absolute Gasteiger partial charge is 0.496 e. The first kappa shape index (κ1) is 15.5. The number of hydrogen-bond donors (Lipinski definition) is 2. The van der Waals surface area contributed by atoms with Gasteiger partial charge in [-0.3, -0.25) is 4.79 Å². The topological polar surface area (TPSA) is 50.4 Å². The van der Waals surface area contributed by atoms with E-state index in [0.29, 0.717) is 19.5 Å². The number of hydrogen-bond acceptors (Lipinski definition) is 3. The minimum Gasteiger partial charge on any atom is -0.496 e. The summed E-state index contributed by atoms with van der Waals surface area (Å²) in [6, 6.07) is 8.14. The van der Waals surface area contributed by atoms with E-state index in [0.717, 1.165) is 17.7 Å². The van der Waals surface area contributed by atoms with Gasteiger partial charge < -0.3 is 15.4 Å². The van der Waals surface area contributed by atoms with E-state index in [9.17, 15) is 4.79 Å². The van der Waals surface area contributed by atoms with Crippen LogP contribution in [-0.2, 0) is 11.3 Å². The molecule has 0 bridgehead atoms. The Morgan fingerprint density at radius 2 is 2.11 bits per heavy atom. The highest BCUT2D eigenvalue weighted by Crippen LogP contribution is 2.16. The van der Waals surface area contributed by atoms with Crippen LogP contribution in [0.25, 0.3) is 0 Å². The Bertz CT molecular complexity index is 393. The number of carbonyl (C=O) groups excluding carboxylic acids is 1. The van der Waals surface area contributed by atoms with E-state index in [1.54, 1.807) is 7.11 Å². The molecule has 1 atom stereocenters. The normalized spacial score (nSPS) is 11.9. The van der Waals surface area contributed by atoms with Crippen LogP contribution in [0, 0.1) is 0 Å². The lowest BCUT2D eigenvalue weighted by Crippen LogP contribution is -2.33. The van der Waals surface area contributed by atoms with Gasteiger partial charge >= 0.3 is 0 Å². The molecule has 2 N–H and O–H groups in total. The van der Waals surface area contributed by atoms with Crippen molar-refractivity contribution >= 4 is 5.91 Å². The fraction of sp³-hybridized carbons (Fsp3) is 0.533. The zero-order chi connectivity index (χ0) is 14.1. The van der Waals surface area contributed by atoms with Crippen LogP contribution in [0.2, 0.25) is 0 Å². The zero-order valence-electron chi connectivity index (χ0n) is 12.0. The van der Waals surface area contributed by atoms with Crippen LogP contribution in [0.3, 0.4) is 0 Å². The van der Waals surface area contributed by atoms with Gasteiger partial charge in [-0.05, 0) is 19.4 Å². The Labute approximate surface area is 115 Å². The predicted octanol–water partition coefficient (Wildman–Crippen LogP) is 2.09. The molecule has 0 saturated carbocycles. The van der Waals surface area contributed by atoms with Crippen molar-refractivity contribution in [3.63, 3.8) is 0 Å². The van der Waals surface area contributed by atoms with E-state index in [1.165, 1.54) is 0 Å². The van der Waals surface area contributed by atoms with Gasteiger partial charge in [-0.2, -0.15) is 0 Å². The molecule has 1 amide bonds. The average Bonchev–Trinajstić information content (AvgIpc) is 2.43. The molecular weight excluding hydrogens is 240 g/mol. The van der Waals surface area contributed by atoms with Crippen LogP contribution in [-0.4, -0.2) is 25.6 Å². The van der Waals surface area contributed by atoms with Crippen molar-refractivity contribution in [1.29, 1.82) is 0 Å². The second kappa shape index (κ2) is 8.53. The second-order valence-corrected chi connectivity index (χ2v) is 4.62. The Balaban J connectivity index is 2.25. The molecule has 0 saturated heterocycles. The molecule has 0 aromatic heterocycles. The molecule has 0 aliphatic heterocycles. The lowest BCUT2D eigenvalue weighted by molar-refractivity contribution is -0.121. The van der Waals surface area contributed by atoms with Crippen molar-refractivity contribution in [1.82, 2.24) is 10.6 Å². The summed E-state index contributed by atoms with van der Waals surface area (Å²) >= 11 is 0. The maximum atomic E-state index is 11.6. The summed E-state index contributed by atoms with van der Waals surface area (Å²) in [4.78, 5) is 11.6. The molecule has 0 heterocycles. The van der Waals surface area contributed by atoms with Crippen molar-refractivity contribution < 1.29 is 9.53 Å². The minimum atomic E-state index is 0.0990. The van der Waals surface area contributed by atoms with Crippen molar-refractivity contribution in [3.8, 4) is 5.75 Å². The van der Waals surface area contributed by atoms with Gasteiger partial charge in [0, 0.05) is 31.1 Å². The summed E-state index contributed by atoms with van der Waals surface area (Å²) in [6.45, 7) is 5.45. The maximum absolute atomic E-state index is 11.6. The standard InChI is InChI=1S/C15H24N2O2/c1-4-12(2)17-15(18)9-10-16-11-13-7-5-6-8-14(13)19-3/h5-8,12,16H,4,9-11H2,1-3H3,(H,17,18). The summed E-state index contributed by atoms with van der Waals surface area (Å²) in [5.74, 6) is 0.973. The number of ether oxygens (including phenoxy) is 1. The first-order valence-electron chi connectivity index (χ1n) is 6.79. The second-order valence-electron chi connectivity index (χ2n) is 4.62. The lowest BCUT2D eigenvalue weighted by Gasteiger charge is -2.12. The third-order valence-electron chi connectivity index (χ3n) is 3.06. The predicted molar refractivity (Wildman–Crippen MR) is 77.2 cm³/mol. The van der Waals surface area contributed by atoms with Gasteiger partial charge in [-0.15, -0.1) is 0 Å². The molecule has 1 aromatic rings. The molecule has 0 radical (unpaired) electrons. The molecule has 0 aliphatic carbocycles. The molecule has 106 valence electrons. The Kier molecular flexibility index (Phi) is 6.97. The minimum absolute atomic E-state index is 0.0990. The van der Waals surface area contributed by atoms with Crippen molar-refractivity contribution in [2.24, 2.45) is 0 Å². The van der Waals surface area contributed by atoms with Crippen molar-refractivity contribution in [2.75, 3.05) is 13.7 Å². The molecule has 1 unspecified atom stereocenters. The van der Waals surface area contributed by atoms with Gasteiger partial charge in [0.15, 0.2) is 0 Å². The smallest absolute Gasteiger partial charge is 0.221 e. The zero-order valence-corrected chi connectivity index (χ0v) is 12.0. The van der Waals surface area contributed by atoms with Crippen LogP contribution in [0.5, 0.6) is 5.75 Å². The SMILES string of the molecule is CCC(C)NC(=O)CCNCc1ccccc1OC. The summed E-state index contributed by atoms with van der Waals surface area (Å²) in [5, 5.41) is 6.20. The first-order chi connectivity index (χ1) is 9.17.